The molecule has 0 aromatic heterocycles. The summed E-state index contributed by atoms with van der Waals surface area (Å²) in [6, 6.07) is 5.45. The highest BCUT2D eigenvalue weighted by molar-refractivity contribution is 5.95. The minimum absolute atomic E-state index is 0.414. The number of likely N-dealkylation sites (N-methyl/N-ethyl adjacent to an activating group) is 1. The molecule has 1 aliphatic heterocycles. The summed E-state index contributed by atoms with van der Waals surface area (Å²) < 4.78 is 0. The predicted octanol–water partition coefficient (Wildman–Crippen LogP) is 1.38. The van der Waals surface area contributed by atoms with Crippen LogP contribution in [-0.4, -0.2) is 24.7 Å². The number of carboxylic acids is 1. The Balaban J connectivity index is 2.60. The van der Waals surface area contributed by atoms with Crippen molar-refractivity contribution in [1.29, 1.82) is 0 Å². The van der Waals surface area contributed by atoms with Gasteiger partial charge in [0.15, 0.2) is 0 Å². The zero-order valence-electron chi connectivity index (χ0n) is 7.45. The molecule has 0 fully saturated rings. The van der Waals surface area contributed by atoms with Crippen molar-refractivity contribution in [3.05, 3.63) is 29.3 Å². The molecule has 0 radical (unpaired) electrons. The van der Waals surface area contributed by atoms with E-state index < -0.39 is 5.97 Å². The Kier molecular flexibility index (Phi) is 1.72. The van der Waals surface area contributed by atoms with E-state index in [2.05, 4.69) is 0 Å². The largest absolute Gasteiger partial charge is 0.478 e. The summed E-state index contributed by atoms with van der Waals surface area (Å²) >= 11 is 0. The van der Waals surface area contributed by atoms with Gasteiger partial charge in [0.1, 0.15) is 0 Å². The van der Waals surface area contributed by atoms with Crippen molar-refractivity contribution >= 4 is 11.7 Å². The summed E-state index contributed by atoms with van der Waals surface area (Å²) in [6.07, 6.45) is 0.951. The summed E-state index contributed by atoms with van der Waals surface area (Å²) in [7, 11) is 1.93. The molecule has 0 atom stereocenters. The lowest BCUT2D eigenvalue weighted by Gasteiger charge is -2.14. The second-order valence-corrected chi connectivity index (χ2v) is 3.29. The fourth-order valence-electron chi connectivity index (χ4n) is 1.82. The van der Waals surface area contributed by atoms with Crippen LogP contribution in [0, 0.1) is 0 Å². The van der Waals surface area contributed by atoms with E-state index in [0.29, 0.717) is 5.56 Å². The molecule has 0 aliphatic carbocycles. The Labute approximate surface area is 76.6 Å². The molecular weight excluding hydrogens is 166 g/mol. The number of nitrogens with zero attached hydrogens (tertiary/aromatic N) is 1. The monoisotopic (exact) mass is 177 g/mol. The molecule has 2 rings (SSSR count). The van der Waals surface area contributed by atoms with Gasteiger partial charge in [0, 0.05) is 13.6 Å². The van der Waals surface area contributed by atoms with Gasteiger partial charge in [-0.3, -0.25) is 0 Å². The minimum atomic E-state index is -0.842. The van der Waals surface area contributed by atoms with Crippen molar-refractivity contribution in [3.63, 3.8) is 0 Å². The van der Waals surface area contributed by atoms with Gasteiger partial charge in [-0.25, -0.2) is 4.79 Å². The third kappa shape index (κ3) is 1.16. The number of fused-ring (bicyclic) bond motifs is 1. The van der Waals surface area contributed by atoms with Crippen molar-refractivity contribution in [2.45, 2.75) is 6.42 Å². The van der Waals surface area contributed by atoms with Gasteiger partial charge in [0.05, 0.1) is 11.3 Å². The highest BCUT2D eigenvalue weighted by Gasteiger charge is 2.21. The van der Waals surface area contributed by atoms with Crippen LogP contribution in [0.15, 0.2) is 18.2 Å². The minimum Gasteiger partial charge on any atom is -0.478 e. The molecular formula is C10H11NO2. The van der Waals surface area contributed by atoms with Gasteiger partial charge in [-0.1, -0.05) is 12.1 Å². The molecule has 1 aliphatic rings. The van der Waals surface area contributed by atoms with E-state index >= 15 is 0 Å². The standard InChI is InChI=1S/C10H11NO2/c1-11-6-5-7-3-2-4-8(9(7)11)10(12)13/h2-4H,5-6H2,1H3,(H,12,13). The number of para-hydroxylation sites is 1. The van der Waals surface area contributed by atoms with Gasteiger partial charge < -0.3 is 10.0 Å². The first kappa shape index (κ1) is 8.10. The van der Waals surface area contributed by atoms with Crippen LogP contribution in [0.5, 0.6) is 0 Å². The SMILES string of the molecule is CN1CCc2cccc(C(=O)O)c21. The molecule has 1 N–H and O–H groups in total. The average Bonchev–Trinajstić information content (AvgIpc) is 2.48. The van der Waals surface area contributed by atoms with Crippen LogP contribution >= 0.6 is 0 Å². The van der Waals surface area contributed by atoms with Crippen molar-refractivity contribution in [2.24, 2.45) is 0 Å². The Morgan fingerprint density at radius 1 is 1.54 bits per heavy atom. The Morgan fingerprint density at radius 3 is 3.00 bits per heavy atom. The number of anilines is 1. The van der Waals surface area contributed by atoms with Crippen LogP contribution < -0.4 is 4.90 Å². The number of carboxylic acid groups (broad SMARTS) is 1. The first-order valence-electron chi connectivity index (χ1n) is 4.26. The van der Waals surface area contributed by atoms with E-state index in [9.17, 15) is 4.79 Å². The average molecular weight is 177 g/mol. The molecule has 0 spiro atoms. The zero-order chi connectivity index (χ0) is 9.42. The molecule has 0 saturated heterocycles. The summed E-state index contributed by atoms with van der Waals surface area (Å²) in [5.41, 5.74) is 2.44. The van der Waals surface area contributed by atoms with Crippen LogP contribution in [-0.2, 0) is 6.42 Å². The third-order valence-electron chi connectivity index (χ3n) is 2.45. The maximum absolute atomic E-state index is 10.9. The number of carbonyl (C=O) groups is 1. The first-order valence-corrected chi connectivity index (χ1v) is 4.26. The number of aromatic carboxylic acids is 1. The van der Waals surface area contributed by atoms with Crippen molar-refractivity contribution in [2.75, 3.05) is 18.5 Å². The second-order valence-electron chi connectivity index (χ2n) is 3.29. The van der Waals surface area contributed by atoms with Crippen LogP contribution in [0.1, 0.15) is 15.9 Å². The van der Waals surface area contributed by atoms with E-state index in [0.717, 1.165) is 24.2 Å². The highest BCUT2D eigenvalue weighted by Crippen LogP contribution is 2.30. The first-order chi connectivity index (χ1) is 6.20. The zero-order valence-corrected chi connectivity index (χ0v) is 7.45. The molecule has 1 heterocycles. The number of hydrogen-bond donors (Lipinski definition) is 1. The van der Waals surface area contributed by atoms with Gasteiger partial charge in [-0.05, 0) is 18.1 Å². The van der Waals surface area contributed by atoms with E-state index in [1.165, 1.54) is 0 Å². The summed E-state index contributed by atoms with van der Waals surface area (Å²) in [5, 5.41) is 8.94. The lowest BCUT2D eigenvalue weighted by Crippen LogP contribution is -2.15. The normalized spacial score (nSPS) is 14.4. The van der Waals surface area contributed by atoms with E-state index in [4.69, 9.17) is 5.11 Å². The summed E-state index contributed by atoms with van der Waals surface area (Å²) in [4.78, 5) is 12.9. The molecule has 0 unspecified atom stereocenters. The molecule has 0 saturated carbocycles. The van der Waals surface area contributed by atoms with Gasteiger partial charge in [-0.2, -0.15) is 0 Å². The Morgan fingerprint density at radius 2 is 2.31 bits per heavy atom. The molecule has 13 heavy (non-hydrogen) atoms. The lowest BCUT2D eigenvalue weighted by atomic mass is 10.1. The molecule has 0 bridgehead atoms. The van der Waals surface area contributed by atoms with Gasteiger partial charge >= 0.3 is 5.97 Å². The number of hydrogen-bond acceptors (Lipinski definition) is 2. The van der Waals surface area contributed by atoms with Crippen LogP contribution in [0.25, 0.3) is 0 Å². The Bertz CT molecular complexity index is 360. The molecule has 3 heteroatoms. The van der Waals surface area contributed by atoms with Crippen molar-refractivity contribution < 1.29 is 9.90 Å². The predicted molar refractivity (Wildman–Crippen MR) is 50.4 cm³/mol. The second kappa shape index (κ2) is 2.76. The maximum atomic E-state index is 10.9. The van der Waals surface area contributed by atoms with Crippen molar-refractivity contribution in [3.8, 4) is 0 Å². The van der Waals surface area contributed by atoms with E-state index in [-0.39, 0.29) is 0 Å². The molecule has 1 aromatic rings. The molecule has 68 valence electrons. The summed E-state index contributed by atoms with van der Waals surface area (Å²) in [6.45, 7) is 0.916. The van der Waals surface area contributed by atoms with Crippen LogP contribution in [0.4, 0.5) is 5.69 Å². The Hall–Kier alpha value is -1.51. The van der Waals surface area contributed by atoms with Gasteiger partial charge in [0.25, 0.3) is 0 Å². The lowest BCUT2D eigenvalue weighted by molar-refractivity contribution is 0.0697. The smallest absolute Gasteiger partial charge is 0.337 e. The highest BCUT2D eigenvalue weighted by atomic mass is 16.4. The van der Waals surface area contributed by atoms with Crippen LogP contribution in [0.3, 0.4) is 0 Å². The summed E-state index contributed by atoms with van der Waals surface area (Å²) in [5.74, 6) is -0.842. The topological polar surface area (TPSA) is 40.5 Å². The van der Waals surface area contributed by atoms with Crippen LogP contribution in [0.2, 0.25) is 0 Å². The van der Waals surface area contributed by atoms with E-state index in [1.807, 2.05) is 18.0 Å². The fourth-order valence-corrected chi connectivity index (χ4v) is 1.82. The maximum Gasteiger partial charge on any atom is 0.337 e. The van der Waals surface area contributed by atoms with Crippen molar-refractivity contribution in [1.82, 2.24) is 0 Å². The fraction of sp³-hybridized carbons (Fsp3) is 0.300. The number of benzene rings is 1. The van der Waals surface area contributed by atoms with Gasteiger partial charge in [0.2, 0.25) is 0 Å². The van der Waals surface area contributed by atoms with E-state index in [1.54, 1.807) is 12.1 Å². The van der Waals surface area contributed by atoms with Gasteiger partial charge in [-0.15, -0.1) is 0 Å². The third-order valence-corrected chi connectivity index (χ3v) is 2.45. The number of rotatable bonds is 1. The molecule has 0 amide bonds. The molecule has 1 aromatic carbocycles. The molecule has 3 nitrogen and oxygen atoms in total. The quantitative estimate of drug-likeness (QED) is 0.704.